The molecule has 0 saturated heterocycles. The van der Waals surface area contributed by atoms with Crippen molar-refractivity contribution in [2.75, 3.05) is 7.11 Å². The van der Waals surface area contributed by atoms with Crippen LogP contribution in [0.1, 0.15) is 11.1 Å². The Morgan fingerprint density at radius 2 is 2.19 bits per heavy atom. The molecule has 0 aliphatic rings. The molecule has 0 saturated carbocycles. The summed E-state index contributed by atoms with van der Waals surface area (Å²) in [6.45, 7) is 2.16. The van der Waals surface area contributed by atoms with E-state index in [1.807, 2.05) is 25.1 Å². The molecule has 1 heterocycles. The zero-order chi connectivity index (χ0) is 11.7. The van der Waals surface area contributed by atoms with Crippen LogP contribution in [0.2, 0.25) is 0 Å². The molecule has 0 aliphatic carbocycles. The van der Waals surface area contributed by atoms with Gasteiger partial charge in [0.25, 0.3) is 5.56 Å². The van der Waals surface area contributed by atoms with E-state index in [0.29, 0.717) is 5.56 Å². The molecule has 4 heteroatoms. The van der Waals surface area contributed by atoms with Gasteiger partial charge in [-0.05, 0) is 24.6 Å². The zero-order valence-corrected chi connectivity index (χ0v) is 9.33. The maximum absolute atomic E-state index is 11.7. The van der Waals surface area contributed by atoms with Crippen molar-refractivity contribution in [1.82, 2.24) is 4.98 Å². The summed E-state index contributed by atoms with van der Waals surface area (Å²) < 4.78 is 5.11. The predicted octanol–water partition coefficient (Wildman–Crippen LogP) is 1.30. The lowest BCUT2D eigenvalue weighted by atomic mass is 10.0. The van der Waals surface area contributed by atoms with Gasteiger partial charge >= 0.3 is 0 Å². The highest BCUT2D eigenvalue weighted by atomic mass is 16.5. The number of rotatable bonds is 2. The highest BCUT2D eigenvalue weighted by molar-refractivity contribution is 5.84. The van der Waals surface area contributed by atoms with Crippen LogP contribution in [0.15, 0.2) is 23.0 Å². The number of benzene rings is 1. The highest BCUT2D eigenvalue weighted by Gasteiger charge is 2.07. The SMILES string of the molecule is COc1ccc2c(C)c(CN)c(=O)[nH]c2c1. The van der Waals surface area contributed by atoms with Crippen molar-refractivity contribution in [3.05, 3.63) is 39.7 Å². The highest BCUT2D eigenvalue weighted by Crippen LogP contribution is 2.21. The normalized spacial score (nSPS) is 10.7. The Kier molecular flexibility index (Phi) is 2.66. The van der Waals surface area contributed by atoms with Gasteiger partial charge in [-0.3, -0.25) is 4.79 Å². The van der Waals surface area contributed by atoms with Gasteiger partial charge in [0.2, 0.25) is 0 Å². The van der Waals surface area contributed by atoms with E-state index in [1.54, 1.807) is 7.11 Å². The molecule has 0 amide bonds. The third kappa shape index (κ3) is 1.57. The molecule has 1 aromatic heterocycles. The number of hydrogen-bond acceptors (Lipinski definition) is 3. The number of nitrogens with one attached hydrogen (secondary N) is 1. The summed E-state index contributed by atoms with van der Waals surface area (Å²) in [5.74, 6) is 0.725. The van der Waals surface area contributed by atoms with Crippen LogP contribution in [0.25, 0.3) is 10.9 Å². The average molecular weight is 218 g/mol. The lowest BCUT2D eigenvalue weighted by molar-refractivity contribution is 0.415. The Hall–Kier alpha value is -1.81. The van der Waals surface area contributed by atoms with Gasteiger partial charge in [-0.2, -0.15) is 0 Å². The minimum absolute atomic E-state index is 0.124. The van der Waals surface area contributed by atoms with Gasteiger partial charge < -0.3 is 15.5 Å². The molecule has 2 aromatic rings. The Morgan fingerprint density at radius 3 is 2.81 bits per heavy atom. The summed E-state index contributed by atoms with van der Waals surface area (Å²) in [6.07, 6.45) is 0. The molecule has 0 fully saturated rings. The lowest BCUT2D eigenvalue weighted by Gasteiger charge is -2.08. The van der Waals surface area contributed by atoms with Gasteiger partial charge in [0.1, 0.15) is 5.75 Å². The molecule has 84 valence electrons. The minimum Gasteiger partial charge on any atom is -0.497 e. The summed E-state index contributed by atoms with van der Waals surface area (Å²) in [6, 6.07) is 5.61. The third-order valence-electron chi connectivity index (χ3n) is 2.81. The van der Waals surface area contributed by atoms with Crippen molar-refractivity contribution in [2.45, 2.75) is 13.5 Å². The van der Waals surface area contributed by atoms with E-state index < -0.39 is 0 Å². The number of aromatic nitrogens is 1. The van der Waals surface area contributed by atoms with Gasteiger partial charge in [0, 0.05) is 23.6 Å². The summed E-state index contributed by atoms with van der Waals surface area (Å²) in [5.41, 5.74) is 7.78. The number of aryl methyl sites for hydroxylation is 1. The first kappa shape index (κ1) is 10.7. The summed E-state index contributed by atoms with van der Waals surface area (Å²) in [4.78, 5) is 14.5. The van der Waals surface area contributed by atoms with Gasteiger partial charge in [-0.15, -0.1) is 0 Å². The number of H-pyrrole nitrogens is 1. The van der Waals surface area contributed by atoms with Crippen LogP contribution in [0.4, 0.5) is 0 Å². The number of aromatic amines is 1. The topological polar surface area (TPSA) is 68.1 Å². The molecule has 16 heavy (non-hydrogen) atoms. The summed E-state index contributed by atoms with van der Waals surface area (Å²) in [5, 5.41) is 1.00. The number of nitrogens with two attached hydrogens (primary N) is 1. The molecule has 0 radical (unpaired) electrons. The van der Waals surface area contributed by atoms with E-state index in [4.69, 9.17) is 10.5 Å². The molecular weight excluding hydrogens is 204 g/mol. The fourth-order valence-electron chi connectivity index (χ4n) is 1.86. The Labute approximate surface area is 93.0 Å². The molecule has 0 unspecified atom stereocenters. The van der Waals surface area contributed by atoms with Crippen molar-refractivity contribution < 1.29 is 4.74 Å². The summed E-state index contributed by atoms with van der Waals surface area (Å²) >= 11 is 0. The Bertz CT molecular complexity index is 587. The second-order valence-electron chi connectivity index (χ2n) is 3.67. The first-order chi connectivity index (χ1) is 7.67. The van der Waals surface area contributed by atoms with Crippen LogP contribution in [0, 0.1) is 6.92 Å². The molecule has 0 aliphatic heterocycles. The van der Waals surface area contributed by atoms with Crippen molar-refractivity contribution >= 4 is 10.9 Å². The number of fused-ring (bicyclic) bond motifs is 1. The van der Waals surface area contributed by atoms with Crippen LogP contribution in [0.5, 0.6) is 5.75 Å². The van der Waals surface area contributed by atoms with Crippen LogP contribution < -0.4 is 16.0 Å². The number of hydrogen-bond donors (Lipinski definition) is 2. The van der Waals surface area contributed by atoms with Gasteiger partial charge in [-0.1, -0.05) is 0 Å². The molecule has 3 N–H and O–H groups in total. The second-order valence-corrected chi connectivity index (χ2v) is 3.67. The third-order valence-corrected chi connectivity index (χ3v) is 2.81. The fraction of sp³-hybridized carbons (Fsp3) is 0.250. The van der Waals surface area contributed by atoms with Crippen molar-refractivity contribution in [3.63, 3.8) is 0 Å². The number of pyridine rings is 1. The molecule has 1 aromatic carbocycles. The maximum Gasteiger partial charge on any atom is 0.253 e. The standard InChI is InChI=1S/C12H14N2O2/c1-7-9-4-3-8(16-2)5-11(9)14-12(15)10(7)6-13/h3-5H,6,13H2,1-2H3,(H,14,15). The second kappa shape index (κ2) is 3.98. The van der Waals surface area contributed by atoms with Crippen molar-refractivity contribution in [3.8, 4) is 5.75 Å². The lowest BCUT2D eigenvalue weighted by Crippen LogP contribution is -2.18. The number of methoxy groups -OCH3 is 1. The summed E-state index contributed by atoms with van der Waals surface area (Å²) in [7, 11) is 1.60. The molecule has 4 nitrogen and oxygen atoms in total. The molecule has 0 atom stereocenters. The average Bonchev–Trinajstić information content (AvgIpc) is 2.28. The monoisotopic (exact) mass is 218 g/mol. The van der Waals surface area contributed by atoms with Crippen molar-refractivity contribution in [1.29, 1.82) is 0 Å². The minimum atomic E-state index is -0.124. The Balaban J connectivity index is 2.81. The first-order valence-electron chi connectivity index (χ1n) is 5.07. The van der Waals surface area contributed by atoms with Crippen LogP contribution >= 0.6 is 0 Å². The largest absolute Gasteiger partial charge is 0.497 e. The van der Waals surface area contributed by atoms with E-state index in [2.05, 4.69) is 4.98 Å². The molecule has 2 rings (SSSR count). The maximum atomic E-state index is 11.7. The smallest absolute Gasteiger partial charge is 0.253 e. The van der Waals surface area contributed by atoms with Gasteiger partial charge in [-0.25, -0.2) is 0 Å². The van der Waals surface area contributed by atoms with Crippen molar-refractivity contribution in [2.24, 2.45) is 5.73 Å². The zero-order valence-electron chi connectivity index (χ0n) is 9.33. The quantitative estimate of drug-likeness (QED) is 0.798. The fourth-order valence-corrected chi connectivity index (χ4v) is 1.86. The van der Waals surface area contributed by atoms with Crippen LogP contribution in [-0.2, 0) is 6.54 Å². The van der Waals surface area contributed by atoms with Gasteiger partial charge in [0.05, 0.1) is 12.6 Å². The van der Waals surface area contributed by atoms with E-state index in [-0.39, 0.29) is 12.1 Å². The van der Waals surface area contributed by atoms with E-state index in [1.165, 1.54) is 0 Å². The van der Waals surface area contributed by atoms with E-state index >= 15 is 0 Å². The Morgan fingerprint density at radius 1 is 1.44 bits per heavy atom. The van der Waals surface area contributed by atoms with Crippen LogP contribution in [-0.4, -0.2) is 12.1 Å². The predicted molar refractivity (Wildman–Crippen MR) is 63.7 cm³/mol. The van der Waals surface area contributed by atoms with Crippen LogP contribution in [0.3, 0.4) is 0 Å². The molecular formula is C12H14N2O2. The molecule has 0 bridgehead atoms. The first-order valence-corrected chi connectivity index (χ1v) is 5.07. The van der Waals surface area contributed by atoms with E-state index in [9.17, 15) is 4.79 Å². The molecule has 0 spiro atoms. The van der Waals surface area contributed by atoms with Gasteiger partial charge in [0.15, 0.2) is 0 Å². The number of ether oxygens (including phenoxy) is 1. The van der Waals surface area contributed by atoms with E-state index in [0.717, 1.165) is 22.2 Å².